The number of hydrogen-bond acceptors (Lipinski definition) is 5. The highest BCUT2D eigenvalue weighted by Crippen LogP contribution is 2.27. The fourth-order valence-electron chi connectivity index (χ4n) is 3.80. The number of nitrogens with two attached hydrogens (primary N) is 1. The van der Waals surface area contributed by atoms with Crippen molar-refractivity contribution in [3.05, 3.63) is 12.4 Å². The number of nitrogens with zero attached hydrogens (tertiary/aromatic N) is 3. The Labute approximate surface area is 154 Å². The molecule has 1 aliphatic carbocycles. The summed E-state index contributed by atoms with van der Waals surface area (Å²) in [4.78, 5) is 26.8. The summed E-state index contributed by atoms with van der Waals surface area (Å²) < 4.78 is 7.20. The van der Waals surface area contributed by atoms with Gasteiger partial charge in [0.05, 0.1) is 29.6 Å². The van der Waals surface area contributed by atoms with Gasteiger partial charge in [-0.25, -0.2) is 0 Å². The maximum atomic E-state index is 12.5. The Morgan fingerprint density at radius 2 is 1.92 bits per heavy atom. The molecule has 26 heavy (non-hydrogen) atoms. The lowest BCUT2D eigenvalue weighted by Gasteiger charge is -2.35. The van der Waals surface area contributed by atoms with Crippen molar-refractivity contribution >= 4 is 17.5 Å². The lowest BCUT2D eigenvalue weighted by molar-refractivity contribution is -0.144. The normalized spacial score (nSPS) is 25.7. The summed E-state index contributed by atoms with van der Waals surface area (Å²) in [7, 11) is 0. The van der Waals surface area contributed by atoms with Gasteiger partial charge < -0.3 is 20.7 Å². The molecule has 1 aliphatic heterocycles. The zero-order valence-corrected chi connectivity index (χ0v) is 15.6. The monoisotopic (exact) mass is 363 g/mol. The molecule has 1 aromatic rings. The van der Waals surface area contributed by atoms with Crippen LogP contribution in [0, 0.1) is 0 Å². The third-order valence-corrected chi connectivity index (χ3v) is 5.16. The van der Waals surface area contributed by atoms with Crippen LogP contribution in [0.2, 0.25) is 0 Å². The topological polar surface area (TPSA) is 102 Å². The number of rotatable bonds is 4. The maximum absolute atomic E-state index is 12.5. The number of morpholine rings is 1. The molecule has 2 unspecified atom stereocenters. The van der Waals surface area contributed by atoms with E-state index in [2.05, 4.69) is 10.4 Å². The van der Waals surface area contributed by atoms with Gasteiger partial charge in [-0.3, -0.25) is 14.3 Å². The first-order valence-corrected chi connectivity index (χ1v) is 9.42. The van der Waals surface area contributed by atoms with E-state index in [4.69, 9.17) is 10.5 Å². The average molecular weight is 363 g/mol. The molecule has 2 aliphatic rings. The summed E-state index contributed by atoms with van der Waals surface area (Å²) in [6, 6.07) is 0. The molecule has 2 amide bonds. The highest BCUT2D eigenvalue weighted by Gasteiger charge is 2.35. The molecule has 3 rings (SSSR count). The molecule has 2 heterocycles. The van der Waals surface area contributed by atoms with E-state index in [1.807, 2.05) is 13.8 Å². The van der Waals surface area contributed by atoms with E-state index in [1.165, 1.54) is 0 Å². The van der Waals surface area contributed by atoms with Crippen LogP contribution in [-0.2, 0) is 20.9 Å². The van der Waals surface area contributed by atoms with Crippen LogP contribution < -0.4 is 11.1 Å². The second-order valence-electron chi connectivity index (χ2n) is 7.65. The number of anilines is 1. The van der Waals surface area contributed by atoms with Crippen molar-refractivity contribution in [2.45, 2.75) is 70.2 Å². The zero-order chi connectivity index (χ0) is 18.7. The molecule has 1 saturated heterocycles. The number of carbonyl (C=O) groups is 2. The van der Waals surface area contributed by atoms with E-state index in [9.17, 15) is 9.59 Å². The Balaban J connectivity index is 1.56. The molecule has 0 spiro atoms. The third kappa shape index (κ3) is 4.42. The molecule has 8 heteroatoms. The van der Waals surface area contributed by atoms with Gasteiger partial charge in [0.2, 0.25) is 11.8 Å². The van der Waals surface area contributed by atoms with Gasteiger partial charge in [-0.05, 0) is 26.7 Å². The standard InChI is InChI=1S/C18H29N5O3/c1-13-9-22(10-14(2)26-13)16(24)12-23-11-15(8-20-23)21-17(25)18(19)6-4-3-5-7-18/h8,11,13-14H,3-7,9-10,12,19H2,1-2H3,(H,21,25). The molecular weight excluding hydrogens is 334 g/mol. The maximum Gasteiger partial charge on any atom is 0.244 e. The van der Waals surface area contributed by atoms with Gasteiger partial charge in [0.1, 0.15) is 6.54 Å². The highest BCUT2D eigenvalue weighted by atomic mass is 16.5. The molecule has 2 atom stereocenters. The van der Waals surface area contributed by atoms with Crippen molar-refractivity contribution in [2.75, 3.05) is 18.4 Å². The minimum Gasteiger partial charge on any atom is -0.372 e. The van der Waals surface area contributed by atoms with Gasteiger partial charge in [0.25, 0.3) is 0 Å². The first-order valence-electron chi connectivity index (χ1n) is 9.42. The molecule has 8 nitrogen and oxygen atoms in total. The van der Waals surface area contributed by atoms with Crippen LogP contribution in [0.25, 0.3) is 0 Å². The van der Waals surface area contributed by atoms with Crippen LogP contribution in [0.5, 0.6) is 0 Å². The van der Waals surface area contributed by atoms with E-state index < -0.39 is 5.54 Å². The molecule has 1 aromatic heterocycles. The quantitative estimate of drug-likeness (QED) is 0.834. The summed E-state index contributed by atoms with van der Waals surface area (Å²) in [5.74, 6) is -0.172. The van der Waals surface area contributed by atoms with Crippen molar-refractivity contribution in [3.8, 4) is 0 Å². The van der Waals surface area contributed by atoms with Crippen LogP contribution in [0.1, 0.15) is 46.0 Å². The van der Waals surface area contributed by atoms with Gasteiger partial charge >= 0.3 is 0 Å². The van der Waals surface area contributed by atoms with E-state index in [0.717, 1.165) is 19.3 Å². The lowest BCUT2D eigenvalue weighted by Crippen LogP contribution is -2.52. The van der Waals surface area contributed by atoms with Crippen molar-refractivity contribution < 1.29 is 14.3 Å². The molecule has 3 N–H and O–H groups in total. The summed E-state index contributed by atoms with van der Waals surface area (Å²) >= 11 is 0. The summed E-state index contributed by atoms with van der Waals surface area (Å²) in [5.41, 5.74) is 6.03. The predicted molar refractivity (Wildman–Crippen MR) is 97.4 cm³/mol. The van der Waals surface area contributed by atoms with Gasteiger partial charge in [-0.1, -0.05) is 19.3 Å². The molecule has 144 valence electrons. The lowest BCUT2D eigenvalue weighted by atomic mass is 9.82. The minimum absolute atomic E-state index is 0.00412. The van der Waals surface area contributed by atoms with Gasteiger partial charge in [-0.2, -0.15) is 5.10 Å². The van der Waals surface area contributed by atoms with Crippen molar-refractivity contribution in [2.24, 2.45) is 5.73 Å². The Hall–Kier alpha value is -1.93. The molecule has 0 aromatic carbocycles. The van der Waals surface area contributed by atoms with Crippen LogP contribution in [0.15, 0.2) is 12.4 Å². The van der Waals surface area contributed by atoms with Crippen LogP contribution in [0.4, 0.5) is 5.69 Å². The van der Waals surface area contributed by atoms with Crippen LogP contribution >= 0.6 is 0 Å². The summed E-state index contributed by atoms with van der Waals surface area (Å²) in [5, 5.41) is 7.04. The first kappa shape index (κ1) is 18.8. The number of amides is 2. The zero-order valence-electron chi connectivity index (χ0n) is 15.6. The first-order chi connectivity index (χ1) is 12.4. The fraction of sp³-hybridized carbons (Fsp3) is 0.722. The minimum atomic E-state index is -0.795. The van der Waals surface area contributed by atoms with Crippen LogP contribution in [-0.4, -0.2) is 57.3 Å². The van der Waals surface area contributed by atoms with E-state index in [1.54, 1.807) is 22.0 Å². The van der Waals surface area contributed by atoms with Gasteiger partial charge in [-0.15, -0.1) is 0 Å². The fourth-order valence-corrected chi connectivity index (χ4v) is 3.80. The SMILES string of the molecule is CC1CN(C(=O)Cn2cc(NC(=O)C3(N)CCCCC3)cn2)CC(C)O1. The van der Waals surface area contributed by atoms with Gasteiger partial charge in [0, 0.05) is 19.3 Å². The number of ether oxygens (including phenoxy) is 1. The molecule has 0 radical (unpaired) electrons. The smallest absolute Gasteiger partial charge is 0.244 e. The van der Waals surface area contributed by atoms with Crippen molar-refractivity contribution in [1.82, 2.24) is 14.7 Å². The summed E-state index contributed by atoms with van der Waals surface area (Å²) in [6.45, 7) is 5.24. The third-order valence-electron chi connectivity index (χ3n) is 5.16. The van der Waals surface area contributed by atoms with Crippen molar-refractivity contribution in [1.29, 1.82) is 0 Å². The number of hydrogen-bond donors (Lipinski definition) is 2. The largest absolute Gasteiger partial charge is 0.372 e. The van der Waals surface area contributed by atoms with E-state index in [-0.39, 0.29) is 30.6 Å². The Kier molecular flexibility index (Phi) is 5.62. The number of carbonyl (C=O) groups excluding carboxylic acids is 2. The van der Waals surface area contributed by atoms with Crippen LogP contribution in [0.3, 0.4) is 0 Å². The number of aromatic nitrogens is 2. The predicted octanol–water partition coefficient (Wildman–Crippen LogP) is 1.12. The van der Waals surface area contributed by atoms with Gasteiger partial charge in [0.15, 0.2) is 0 Å². The molecule has 2 fully saturated rings. The van der Waals surface area contributed by atoms with Crippen molar-refractivity contribution in [3.63, 3.8) is 0 Å². The Morgan fingerprint density at radius 1 is 1.27 bits per heavy atom. The molecule has 0 bridgehead atoms. The molecule has 1 saturated carbocycles. The van der Waals surface area contributed by atoms with E-state index in [0.29, 0.717) is 31.6 Å². The second kappa shape index (κ2) is 7.75. The Morgan fingerprint density at radius 3 is 2.58 bits per heavy atom. The highest BCUT2D eigenvalue weighted by molar-refractivity contribution is 5.97. The summed E-state index contributed by atoms with van der Waals surface area (Å²) in [6.07, 6.45) is 7.81. The second-order valence-corrected chi connectivity index (χ2v) is 7.65. The van der Waals surface area contributed by atoms with E-state index >= 15 is 0 Å². The molecular formula is C18H29N5O3. The Bertz CT molecular complexity index is 643. The average Bonchev–Trinajstić information content (AvgIpc) is 3.01. The number of nitrogens with one attached hydrogen (secondary N) is 1.